The molecule has 0 heterocycles. The Balaban J connectivity index is 2.76. The molecule has 0 unspecified atom stereocenters. The molecule has 5 heteroatoms. The second kappa shape index (κ2) is 5.11. The van der Waals surface area contributed by atoms with Crippen molar-refractivity contribution in [1.29, 1.82) is 0 Å². The molecule has 0 N–H and O–H groups in total. The summed E-state index contributed by atoms with van der Waals surface area (Å²) in [4.78, 5) is 11.0. The fraction of sp³-hybridized carbons (Fsp3) is 0.300. The van der Waals surface area contributed by atoms with Crippen LogP contribution in [0.15, 0.2) is 22.7 Å². The third kappa shape index (κ3) is 3.51. The summed E-state index contributed by atoms with van der Waals surface area (Å²) in [6.45, 7) is 1.53. The monoisotopic (exact) mass is 276 g/mol. The molecule has 1 aromatic rings. The van der Waals surface area contributed by atoms with E-state index in [9.17, 15) is 9.18 Å². The number of esters is 1. The zero-order valence-corrected chi connectivity index (χ0v) is 9.88. The summed E-state index contributed by atoms with van der Waals surface area (Å²) >= 11 is 3.12. The zero-order chi connectivity index (χ0) is 11.4. The van der Waals surface area contributed by atoms with Gasteiger partial charge in [0.15, 0.2) is 6.10 Å². The number of hydrogen-bond donors (Lipinski definition) is 0. The molecule has 0 spiro atoms. The van der Waals surface area contributed by atoms with Crippen molar-refractivity contribution in [1.82, 2.24) is 0 Å². The molecule has 1 atom stereocenters. The summed E-state index contributed by atoms with van der Waals surface area (Å²) in [7, 11) is 1.27. The maximum absolute atomic E-state index is 12.9. The van der Waals surface area contributed by atoms with Gasteiger partial charge < -0.3 is 9.47 Å². The van der Waals surface area contributed by atoms with Crippen molar-refractivity contribution in [2.75, 3.05) is 7.11 Å². The third-order valence-electron chi connectivity index (χ3n) is 1.68. The van der Waals surface area contributed by atoms with E-state index in [4.69, 9.17) is 4.74 Å². The van der Waals surface area contributed by atoms with Gasteiger partial charge in [0, 0.05) is 10.5 Å². The molecule has 0 bridgehead atoms. The number of carbonyl (C=O) groups is 1. The highest BCUT2D eigenvalue weighted by Gasteiger charge is 2.15. The minimum atomic E-state index is -0.760. The first kappa shape index (κ1) is 12.0. The van der Waals surface area contributed by atoms with Crippen LogP contribution in [0.5, 0.6) is 5.75 Å². The van der Waals surface area contributed by atoms with Crippen LogP contribution in [0.25, 0.3) is 0 Å². The fourth-order valence-corrected chi connectivity index (χ4v) is 1.46. The standard InChI is InChI=1S/C10H10BrFO3/c1-6(10(13)14-2)15-9-4-7(11)3-8(12)5-9/h3-6H,1-2H3/t6-/m1/s1. The van der Waals surface area contributed by atoms with Crippen LogP contribution >= 0.6 is 15.9 Å². The molecule has 0 aliphatic carbocycles. The van der Waals surface area contributed by atoms with Gasteiger partial charge in [0.05, 0.1) is 7.11 Å². The Bertz CT molecular complexity index is 347. The van der Waals surface area contributed by atoms with E-state index in [1.165, 1.54) is 26.2 Å². The fourth-order valence-electron chi connectivity index (χ4n) is 1.01. The minimum absolute atomic E-state index is 0.278. The lowest BCUT2D eigenvalue weighted by molar-refractivity contribution is -0.147. The van der Waals surface area contributed by atoms with Gasteiger partial charge in [0.2, 0.25) is 0 Å². The number of hydrogen-bond acceptors (Lipinski definition) is 3. The lowest BCUT2D eigenvalue weighted by Gasteiger charge is -2.12. The Morgan fingerprint density at radius 1 is 1.47 bits per heavy atom. The van der Waals surface area contributed by atoms with Gasteiger partial charge in [-0.15, -0.1) is 0 Å². The molecular weight excluding hydrogens is 267 g/mol. The van der Waals surface area contributed by atoms with E-state index in [0.29, 0.717) is 4.47 Å². The van der Waals surface area contributed by atoms with Crippen molar-refractivity contribution in [3.8, 4) is 5.75 Å². The average molecular weight is 277 g/mol. The maximum Gasteiger partial charge on any atom is 0.346 e. The lowest BCUT2D eigenvalue weighted by Crippen LogP contribution is -2.24. The minimum Gasteiger partial charge on any atom is -0.479 e. The highest BCUT2D eigenvalue weighted by atomic mass is 79.9. The largest absolute Gasteiger partial charge is 0.479 e. The summed E-state index contributed by atoms with van der Waals surface area (Å²) in [5.41, 5.74) is 0. The van der Waals surface area contributed by atoms with Gasteiger partial charge in [-0.2, -0.15) is 0 Å². The van der Waals surface area contributed by atoms with Crippen LogP contribution in [-0.2, 0) is 9.53 Å². The van der Waals surface area contributed by atoms with E-state index in [2.05, 4.69) is 20.7 Å². The molecule has 0 saturated heterocycles. The summed E-state index contributed by atoms with van der Waals surface area (Å²) in [6, 6.07) is 4.07. The van der Waals surface area contributed by atoms with Crippen molar-refractivity contribution in [3.63, 3.8) is 0 Å². The number of halogens is 2. The molecule has 0 radical (unpaired) electrons. The molecule has 15 heavy (non-hydrogen) atoms. The maximum atomic E-state index is 12.9. The van der Waals surface area contributed by atoms with E-state index >= 15 is 0 Å². The molecule has 0 fully saturated rings. The first-order valence-corrected chi connectivity index (χ1v) is 5.03. The van der Waals surface area contributed by atoms with Crippen LogP contribution in [0.2, 0.25) is 0 Å². The number of ether oxygens (including phenoxy) is 2. The Morgan fingerprint density at radius 3 is 2.67 bits per heavy atom. The van der Waals surface area contributed by atoms with Crippen LogP contribution in [0.1, 0.15) is 6.92 Å². The van der Waals surface area contributed by atoms with Crippen molar-refractivity contribution in [2.45, 2.75) is 13.0 Å². The Kier molecular flexibility index (Phi) is 4.08. The highest BCUT2D eigenvalue weighted by molar-refractivity contribution is 9.10. The molecule has 82 valence electrons. The number of carbonyl (C=O) groups excluding carboxylic acids is 1. The van der Waals surface area contributed by atoms with E-state index in [1.807, 2.05) is 0 Å². The lowest BCUT2D eigenvalue weighted by atomic mass is 10.3. The molecule has 0 amide bonds. The summed E-state index contributed by atoms with van der Waals surface area (Å²) in [6.07, 6.45) is -0.760. The first-order chi connectivity index (χ1) is 7.02. The van der Waals surface area contributed by atoms with E-state index < -0.39 is 17.9 Å². The van der Waals surface area contributed by atoms with E-state index in [1.54, 1.807) is 6.07 Å². The van der Waals surface area contributed by atoms with Crippen molar-refractivity contribution >= 4 is 21.9 Å². The highest BCUT2D eigenvalue weighted by Crippen LogP contribution is 2.21. The molecular formula is C10H10BrFO3. The van der Waals surface area contributed by atoms with Crippen molar-refractivity contribution in [2.24, 2.45) is 0 Å². The van der Waals surface area contributed by atoms with Crippen LogP contribution in [-0.4, -0.2) is 19.2 Å². The van der Waals surface area contributed by atoms with Crippen LogP contribution < -0.4 is 4.74 Å². The van der Waals surface area contributed by atoms with Crippen molar-refractivity contribution in [3.05, 3.63) is 28.5 Å². The molecule has 0 aromatic heterocycles. The molecule has 0 aliphatic heterocycles. The number of rotatable bonds is 3. The SMILES string of the molecule is COC(=O)[C@@H](C)Oc1cc(F)cc(Br)c1. The first-order valence-electron chi connectivity index (χ1n) is 4.23. The van der Waals surface area contributed by atoms with Gasteiger partial charge in [-0.05, 0) is 19.1 Å². The van der Waals surface area contributed by atoms with E-state index in [0.717, 1.165) is 0 Å². The van der Waals surface area contributed by atoms with Gasteiger partial charge >= 0.3 is 5.97 Å². The topological polar surface area (TPSA) is 35.5 Å². The average Bonchev–Trinajstić information content (AvgIpc) is 2.14. The van der Waals surface area contributed by atoms with Crippen LogP contribution in [0.4, 0.5) is 4.39 Å². The number of methoxy groups -OCH3 is 1. The third-order valence-corrected chi connectivity index (χ3v) is 2.14. The zero-order valence-electron chi connectivity index (χ0n) is 8.29. The molecule has 1 aromatic carbocycles. The van der Waals surface area contributed by atoms with Gasteiger partial charge in [-0.25, -0.2) is 9.18 Å². The predicted molar refractivity (Wildman–Crippen MR) is 56.2 cm³/mol. The van der Waals surface area contributed by atoms with Crippen LogP contribution in [0.3, 0.4) is 0 Å². The van der Waals surface area contributed by atoms with E-state index in [-0.39, 0.29) is 5.75 Å². The summed E-state index contributed by atoms with van der Waals surface area (Å²) in [5.74, 6) is -0.661. The van der Waals surface area contributed by atoms with Gasteiger partial charge in [0.1, 0.15) is 11.6 Å². The molecule has 1 rings (SSSR count). The van der Waals surface area contributed by atoms with Crippen molar-refractivity contribution < 1.29 is 18.7 Å². The smallest absolute Gasteiger partial charge is 0.346 e. The van der Waals surface area contributed by atoms with Crippen LogP contribution in [0, 0.1) is 5.82 Å². The second-order valence-corrected chi connectivity index (χ2v) is 3.80. The van der Waals surface area contributed by atoms with Gasteiger partial charge in [0.25, 0.3) is 0 Å². The normalized spacial score (nSPS) is 12.0. The molecule has 3 nitrogen and oxygen atoms in total. The molecule has 0 saturated carbocycles. The molecule has 0 aliphatic rings. The predicted octanol–water partition coefficient (Wildman–Crippen LogP) is 2.53. The summed E-state index contributed by atoms with van der Waals surface area (Å²) < 4.78 is 23.1. The Morgan fingerprint density at radius 2 is 2.13 bits per heavy atom. The van der Waals surface area contributed by atoms with Gasteiger partial charge in [-0.3, -0.25) is 0 Å². The number of benzene rings is 1. The Hall–Kier alpha value is -1.10. The quantitative estimate of drug-likeness (QED) is 0.796. The van der Waals surface area contributed by atoms with Gasteiger partial charge in [-0.1, -0.05) is 15.9 Å². The summed E-state index contributed by atoms with van der Waals surface area (Å²) in [5, 5.41) is 0. The second-order valence-electron chi connectivity index (χ2n) is 2.89. The Labute approximate surface area is 95.3 Å².